The maximum atomic E-state index is 13.5. The van der Waals surface area contributed by atoms with Crippen molar-refractivity contribution in [2.24, 2.45) is 0 Å². The SMILES string of the molecule is [B]Cc1ccc(C(=O)C=P(c2ccccc2)(c2ccccc2)c2ccccc2)cc1. The quantitative estimate of drug-likeness (QED) is 0.266. The molecule has 0 atom stereocenters. The summed E-state index contributed by atoms with van der Waals surface area (Å²) in [6, 6.07) is 38.7. The third kappa shape index (κ3) is 3.97. The van der Waals surface area contributed by atoms with Crippen molar-refractivity contribution < 1.29 is 4.79 Å². The van der Waals surface area contributed by atoms with Crippen LogP contribution in [0.1, 0.15) is 15.9 Å². The topological polar surface area (TPSA) is 17.1 Å². The number of rotatable bonds is 6. The number of carbonyl (C=O) groups is 1. The molecule has 0 aliphatic rings. The second-order valence-corrected chi connectivity index (χ2v) is 10.4. The molecule has 2 radical (unpaired) electrons. The van der Waals surface area contributed by atoms with Gasteiger partial charge in [-0.05, 0) is 28.6 Å². The summed E-state index contributed by atoms with van der Waals surface area (Å²) in [6.45, 7) is -2.29. The largest absolute Gasteiger partial charge is 0.289 e. The van der Waals surface area contributed by atoms with Crippen LogP contribution in [0.3, 0.4) is 0 Å². The molecule has 0 aromatic heterocycles. The molecule has 0 spiro atoms. The molecule has 0 heterocycles. The predicted octanol–water partition coefficient (Wildman–Crippen LogP) is 4.33. The number of hydrogen-bond acceptors (Lipinski definition) is 1. The van der Waals surface area contributed by atoms with Gasteiger partial charge in [-0.2, -0.15) is 0 Å². The van der Waals surface area contributed by atoms with Crippen molar-refractivity contribution in [3.05, 3.63) is 126 Å². The zero-order chi connectivity index (χ0) is 20.8. The van der Waals surface area contributed by atoms with Crippen LogP contribution in [0.15, 0.2) is 115 Å². The Morgan fingerprint density at radius 2 is 1.03 bits per heavy atom. The molecule has 1 nitrogen and oxygen atoms in total. The number of benzene rings is 4. The van der Waals surface area contributed by atoms with Crippen LogP contribution >= 0.6 is 6.89 Å². The molecule has 0 aliphatic heterocycles. The van der Waals surface area contributed by atoms with Crippen LogP contribution in [0, 0.1) is 0 Å². The van der Waals surface area contributed by atoms with E-state index in [1.54, 1.807) is 0 Å². The Hall–Kier alpha value is -3.09. The van der Waals surface area contributed by atoms with Crippen molar-refractivity contribution in [3.8, 4) is 0 Å². The van der Waals surface area contributed by atoms with E-state index in [4.69, 9.17) is 7.85 Å². The normalized spacial score (nSPS) is 11.1. The first-order valence-corrected chi connectivity index (χ1v) is 11.8. The van der Waals surface area contributed by atoms with Crippen molar-refractivity contribution in [2.45, 2.75) is 6.32 Å². The zero-order valence-corrected chi connectivity index (χ0v) is 17.6. The predicted molar refractivity (Wildman–Crippen MR) is 131 cm³/mol. The maximum Gasteiger partial charge on any atom is 0.186 e. The van der Waals surface area contributed by atoms with Gasteiger partial charge in [-0.15, -0.1) is 0 Å². The van der Waals surface area contributed by atoms with Gasteiger partial charge in [0.1, 0.15) is 0 Å². The summed E-state index contributed by atoms with van der Waals surface area (Å²) in [6.07, 6.45) is 0.465. The molecule has 0 unspecified atom stereocenters. The summed E-state index contributed by atoms with van der Waals surface area (Å²) >= 11 is 0. The number of hydrogen-bond donors (Lipinski definition) is 0. The Bertz CT molecular complexity index is 1060. The molecular weight excluding hydrogens is 382 g/mol. The van der Waals surface area contributed by atoms with E-state index in [2.05, 4.69) is 36.4 Å². The second-order valence-electron chi connectivity index (χ2n) is 7.12. The highest BCUT2D eigenvalue weighted by Gasteiger charge is 2.26. The zero-order valence-electron chi connectivity index (χ0n) is 16.7. The minimum absolute atomic E-state index is 0.0310. The molecule has 4 rings (SSSR count). The molecule has 0 bridgehead atoms. The van der Waals surface area contributed by atoms with Crippen molar-refractivity contribution in [3.63, 3.8) is 0 Å². The van der Waals surface area contributed by atoms with E-state index in [0.29, 0.717) is 11.9 Å². The monoisotopic (exact) mass is 404 g/mol. The van der Waals surface area contributed by atoms with E-state index in [9.17, 15) is 4.79 Å². The summed E-state index contributed by atoms with van der Waals surface area (Å²) in [5.41, 5.74) is 1.70. The Balaban J connectivity index is 2.01. The molecule has 0 amide bonds. The Morgan fingerprint density at radius 1 is 0.633 bits per heavy atom. The lowest BCUT2D eigenvalue weighted by Gasteiger charge is -2.28. The summed E-state index contributed by atoms with van der Waals surface area (Å²) < 4.78 is 0. The van der Waals surface area contributed by atoms with Gasteiger partial charge in [0.05, 0.1) is 7.85 Å². The molecule has 0 saturated carbocycles. The Morgan fingerprint density at radius 3 is 1.40 bits per heavy atom. The first-order valence-electron chi connectivity index (χ1n) is 9.99. The van der Waals surface area contributed by atoms with Crippen molar-refractivity contribution in [2.75, 3.05) is 0 Å². The van der Waals surface area contributed by atoms with Crippen LogP contribution < -0.4 is 15.9 Å². The van der Waals surface area contributed by atoms with Gasteiger partial charge < -0.3 is 0 Å². The summed E-state index contributed by atoms with van der Waals surface area (Å²) in [4.78, 5) is 13.5. The molecule has 4 aromatic carbocycles. The average molecular weight is 404 g/mol. The number of carbonyl (C=O) groups excluding carboxylic acids is 1. The lowest BCUT2D eigenvalue weighted by atomic mass is 9.96. The molecular formula is C27H22BOP. The molecule has 0 saturated heterocycles. The van der Waals surface area contributed by atoms with Gasteiger partial charge in [-0.25, -0.2) is 0 Å². The lowest BCUT2D eigenvalue weighted by Crippen LogP contribution is -2.28. The third-order valence-electron chi connectivity index (χ3n) is 5.28. The summed E-state index contributed by atoms with van der Waals surface area (Å²) in [5.74, 6) is 1.99. The average Bonchev–Trinajstić information content (AvgIpc) is 2.84. The first-order chi connectivity index (χ1) is 14.7. The molecule has 30 heavy (non-hydrogen) atoms. The van der Waals surface area contributed by atoms with E-state index >= 15 is 0 Å². The summed E-state index contributed by atoms with van der Waals surface area (Å²) in [7, 11) is 5.72. The molecule has 144 valence electrons. The molecule has 4 aromatic rings. The van der Waals surface area contributed by atoms with Gasteiger partial charge in [0.25, 0.3) is 0 Å². The fourth-order valence-corrected chi connectivity index (χ4v) is 7.49. The van der Waals surface area contributed by atoms with Crippen molar-refractivity contribution in [1.82, 2.24) is 0 Å². The lowest BCUT2D eigenvalue weighted by molar-refractivity contribution is 0.107. The van der Waals surface area contributed by atoms with Crippen LogP contribution in [0.25, 0.3) is 0 Å². The highest BCUT2D eigenvalue weighted by atomic mass is 31.2. The van der Waals surface area contributed by atoms with E-state index in [1.165, 1.54) is 0 Å². The minimum atomic E-state index is -2.29. The van der Waals surface area contributed by atoms with Crippen LogP contribution in [-0.4, -0.2) is 19.4 Å². The molecule has 0 N–H and O–H groups in total. The fraction of sp³-hybridized carbons (Fsp3) is 0.0370. The molecule has 0 aliphatic carbocycles. The van der Waals surface area contributed by atoms with Crippen molar-refractivity contribution in [1.29, 1.82) is 0 Å². The highest BCUT2D eigenvalue weighted by Crippen LogP contribution is 2.43. The van der Waals surface area contributed by atoms with E-state index in [0.717, 1.165) is 21.5 Å². The highest BCUT2D eigenvalue weighted by molar-refractivity contribution is 7.95. The second kappa shape index (κ2) is 9.16. The standard InChI is InChI=1S/C27H22BOP/c28-20-22-16-18-23(19-17-22)27(29)21-30(24-10-4-1-5-11-24,25-12-6-2-7-13-25)26-14-8-3-9-15-26/h1-19,21H,20H2. The van der Waals surface area contributed by atoms with Crippen molar-refractivity contribution >= 4 is 42.2 Å². The van der Waals surface area contributed by atoms with Crippen LogP contribution in [0.5, 0.6) is 0 Å². The Labute approximate surface area is 179 Å². The molecule has 0 fully saturated rings. The van der Waals surface area contributed by atoms with Crippen LogP contribution in [0.2, 0.25) is 0 Å². The van der Waals surface area contributed by atoms with Gasteiger partial charge in [-0.1, -0.05) is 127 Å². The fourth-order valence-electron chi connectivity index (χ4n) is 3.72. The van der Waals surface area contributed by atoms with Gasteiger partial charge in [0.15, 0.2) is 5.78 Å². The molecule has 3 heteroatoms. The smallest absolute Gasteiger partial charge is 0.186 e. The van der Waals surface area contributed by atoms with Crippen LogP contribution in [0.4, 0.5) is 0 Å². The van der Waals surface area contributed by atoms with Gasteiger partial charge in [0, 0.05) is 5.56 Å². The minimum Gasteiger partial charge on any atom is -0.289 e. The van der Waals surface area contributed by atoms with Gasteiger partial charge >= 0.3 is 0 Å². The Kier molecular flexibility index (Phi) is 6.16. The van der Waals surface area contributed by atoms with E-state index in [1.807, 2.05) is 84.7 Å². The van der Waals surface area contributed by atoms with Gasteiger partial charge in [-0.3, -0.25) is 4.79 Å². The number of ketones is 1. The van der Waals surface area contributed by atoms with E-state index in [-0.39, 0.29) is 5.78 Å². The summed E-state index contributed by atoms with van der Waals surface area (Å²) in [5, 5.41) is 3.48. The number of Topliss-reactive ketones (excluding diaryl/α,β-unsaturated/α-hetero) is 1. The van der Waals surface area contributed by atoms with Crippen LogP contribution in [-0.2, 0) is 6.32 Å². The van der Waals surface area contributed by atoms with Gasteiger partial charge in [0.2, 0.25) is 0 Å². The first kappa shape index (κ1) is 20.2. The van der Waals surface area contributed by atoms with E-state index < -0.39 is 6.89 Å². The third-order valence-corrected chi connectivity index (χ3v) is 9.24. The maximum absolute atomic E-state index is 13.5.